The molecule has 0 saturated heterocycles. The Balaban J connectivity index is 1.93. The zero-order chi connectivity index (χ0) is 13.7. The Morgan fingerprint density at radius 1 is 1.42 bits per heavy atom. The maximum Gasteiger partial charge on any atom is 0.226 e. The molecule has 0 bridgehead atoms. The zero-order valence-corrected chi connectivity index (χ0v) is 10.6. The van der Waals surface area contributed by atoms with E-state index in [2.05, 4.69) is 10.4 Å². The Labute approximate surface area is 111 Å². The molecule has 1 aromatic carbocycles. The van der Waals surface area contributed by atoms with Crippen LogP contribution in [0.1, 0.15) is 17.7 Å². The van der Waals surface area contributed by atoms with Crippen LogP contribution in [0.4, 0.5) is 5.69 Å². The molecule has 0 saturated carbocycles. The summed E-state index contributed by atoms with van der Waals surface area (Å²) in [5.41, 5.74) is 1.94. The highest BCUT2D eigenvalue weighted by Gasteiger charge is 2.06. The van der Waals surface area contributed by atoms with Crippen molar-refractivity contribution in [3.63, 3.8) is 0 Å². The van der Waals surface area contributed by atoms with Gasteiger partial charge in [0.1, 0.15) is 6.07 Å². The van der Waals surface area contributed by atoms with Gasteiger partial charge >= 0.3 is 0 Å². The minimum atomic E-state index is -0.129. The number of hydrogen-bond donors (Lipinski definition) is 1. The van der Waals surface area contributed by atoms with Crippen molar-refractivity contribution in [2.24, 2.45) is 0 Å². The van der Waals surface area contributed by atoms with E-state index in [1.165, 1.54) is 0 Å². The molecule has 0 fully saturated rings. The van der Waals surface area contributed by atoms with Gasteiger partial charge in [-0.05, 0) is 25.1 Å². The third-order valence-corrected chi connectivity index (χ3v) is 2.66. The molecule has 0 spiro atoms. The van der Waals surface area contributed by atoms with E-state index in [1.54, 1.807) is 28.9 Å². The van der Waals surface area contributed by atoms with E-state index in [0.29, 0.717) is 24.2 Å². The maximum absolute atomic E-state index is 11.8. The van der Waals surface area contributed by atoms with E-state index >= 15 is 0 Å². The monoisotopic (exact) mass is 254 g/mol. The fourth-order valence-corrected chi connectivity index (χ4v) is 1.71. The highest BCUT2D eigenvalue weighted by Crippen LogP contribution is 2.13. The molecule has 1 heterocycles. The van der Waals surface area contributed by atoms with Crippen LogP contribution in [-0.2, 0) is 11.3 Å². The number of aromatic nitrogens is 2. The van der Waals surface area contributed by atoms with E-state index in [4.69, 9.17) is 5.26 Å². The van der Waals surface area contributed by atoms with Crippen molar-refractivity contribution >= 4 is 11.6 Å². The van der Waals surface area contributed by atoms with Crippen molar-refractivity contribution in [2.75, 3.05) is 5.32 Å². The third kappa shape index (κ3) is 3.42. The van der Waals surface area contributed by atoms with Crippen LogP contribution in [0, 0.1) is 18.3 Å². The SMILES string of the molecule is Cc1ccn(CCC(=O)Nc2ccccc2C#N)n1. The Morgan fingerprint density at radius 2 is 2.21 bits per heavy atom. The maximum atomic E-state index is 11.8. The summed E-state index contributed by atoms with van der Waals surface area (Å²) >= 11 is 0. The van der Waals surface area contributed by atoms with Crippen molar-refractivity contribution in [1.82, 2.24) is 9.78 Å². The predicted molar refractivity (Wildman–Crippen MR) is 71.4 cm³/mol. The van der Waals surface area contributed by atoms with E-state index in [0.717, 1.165) is 5.69 Å². The minimum Gasteiger partial charge on any atom is -0.325 e. The van der Waals surface area contributed by atoms with Crippen LogP contribution < -0.4 is 5.32 Å². The summed E-state index contributed by atoms with van der Waals surface area (Å²) in [6.45, 7) is 2.42. The number of hydrogen-bond acceptors (Lipinski definition) is 3. The first-order chi connectivity index (χ1) is 9.19. The van der Waals surface area contributed by atoms with Crippen LogP contribution in [0.25, 0.3) is 0 Å². The first-order valence-electron chi connectivity index (χ1n) is 5.98. The van der Waals surface area contributed by atoms with Gasteiger partial charge in [-0.2, -0.15) is 10.4 Å². The fourth-order valence-electron chi connectivity index (χ4n) is 1.71. The molecule has 1 N–H and O–H groups in total. The number of benzene rings is 1. The van der Waals surface area contributed by atoms with Crippen LogP contribution in [0.5, 0.6) is 0 Å². The number of aryl methyl sites for hydroxylation is 2. The van der Waals surface area contributed by atoms with Gasteiger partial charge in [0, 0.05) is 19.2 Å². The van der Waals surface area contributed by atoms with Crippen LogP contribution in [0.2, 0.25) is 0 Å². The number of nitrogens with one attached hydrogen (secondary N) is 1. The number of nitrogens with zero attached hydrogens (tertiary/aromatic N) is 3. The number of rotatable bonds is 4. The Hall–Kier alpha value is -2.61. The molecule has 19 heavy (non-hydrogen) atoms. The van der Waals surface area contributed by atoms with Gasteiger partial charge in [-0.3, -0.25) is 9.48 Å². The average molecular weight is 254 g/mol. The molecule has 0 aliphatic carbocycles. The first-order valence-corrected chi connectivity index (χ1v) is 5.98. The Bertz CT molecular complexity index is 624. The van der Waals surface area contributed by atoms with Crippen molar-refractivity contribution in [2.45, 2.75) is 19.9 Å². The van der Waals surface area contributed by atoms with E-state index in [1.807, 2.05) is 25.3 Å². The predicted octanol–water partition coefficient (Wildman–Crippen LogP) is 2.09. The first kappa shape index (κ1) is 12.8. The lowest BCUT2D eigenvalue weighted by atomic mass is 10.2. The molecule has 0 unspecified atom stereocenters. The molecule has 2 rings (SSSR count). The number of amides is 1. The van der Waals surface area contributed by atoms with Gasteiger partial charge in [-0.1, -0.05) is 12.1 Å². The number of para-hydroxylation sites is 1. The zero-order valence-electron chi connectivity index (χ0n) is 10.6. The molecule has 2 aromatic rings. The molecular formula is C14H14N4O. The standard InChI is InChI=1S/C14H14N4O/c1-11-6-8-18(17-11)9-7-14(19)16-13-5-3-2-4-12(13)10-15/h2-6,8H,7,9H2,1H3,(H,16,19). The van der Waals surface area contributed by atoms with Crippen LogP contribution in [0.3, 0.4) is 0 Å². The molecule has 96 valence electrons. The van der Waals surface area contributed by atoms with Gasteiger partial charge in [-0.25, -0.2) is 0 Å². The lowest BCUT2D eigenvalue weighted by molar-refractivity contribution is -0.116. The second kappa shape index (κ2) is 5.83. The van der Waals surface area contributed by atoms with E-state index in [9.17, 15) is 4.79 Å². The van der Waals surface area contributed by atoms with Gasteiger partial charge in [0.25, 0.3) is 0 Å². The van der Waals surface area contributed by atoms with Gasteiger partial charge < -0.3 is 5.32 Å². The summed E-state index contributed by atoms with van der Waals surface area (Å²) < 4.78 is 1.73. The summed E-state index contributed by atoms with van der Waals surface area (Å²) in [5.74, 6) is -0.129. The van der Waals surface area contributed by atoms with Gasteiger partial charge in [-0.15, -0.1) is 0 Å². The largest absolute Gasteiger partial charge is 0.325 e. The normalized spacial score (nSPS) is 9.89. The van der Waals surface area contributed by atoms with Gasteiger partial charge in [0.15, 0.2) is 0 Å². The van der Waals surface area contributed by atoms with Crippen molar-refractivity contribution in [3.8, 4) is 6.07 Å². The number of nitriles is 1. The molecule has 5 heteroatoms. The van der Waals surface area contributed by atoms with Crippen LogP contribution in [0.15, 0.2) is 36.5 Å². The molecule has 1 amide bonds. The van der Waals surface area contributed by atoms with Crippen molar-refractivity contribution in [3.05, 3.63) is 47.8 Å². The molecule has 0 radical (unpaired) electrons. The smallest absolute Gasteiger partial charge is 0.226 e. The molecule has 0 aliphatic rings. The second-order valence-corrected chi connectivity index (χ2v) is 4.18. The van der Waals surface area contributed by atoms with Crippen molar-refractivity contribution < 1.29 is 4.79 Å². The summed E-state index contributed by atoms with van der Waals surface area (Å²) in [4.78, 5) is 11.8. The molecule has 0 atom stereocenters. The molecular weight excluding hydrogens is 240 g/mol. The van der Waals surface area contributed by atoms with Crippen LogP contribution in [-0.4, -0.2) is 15.7 Å². The van der Waals surface area contributed by atoms with Gasteiger partial charge in [0.05, 0.1) is 16.9 Å². The number of carbonyl (C=O) groups is 1. The topological polar surface area (TPSA) is 70.7 Å². The van der Waals surface area contributed by atoms with Crippen molar-refractivity contribution in [1.29, 1.82) is 5.26 Å². The third-order valence-electron chi connectivity index (χ3n) is 2.66. The van der Waals surface area contributed by atoms with Crippen LogP contribution >= 0.6 is 0 Å². The Morgan fingerprint density at radius 3 is 2.89 bits per heavy atom. The molecule has 5 nitrogen and oxygen atoms in total. The number of anilines is 1. The second-order valence-electron chi connectivity index (χ2n) is 4.18. The molecule has 0 aliphatic heterocycles. The highest BCUT2D eigenvalue weighted by atomic mass is 16.1. The average Bonchev–Trinajstić information content (AvgIpc) is 2.83. The number of carbonyl (C=O) groups excluding carboxylic acids is 1. The summed E-state index contributed by atoms with van der Waals surface area (Å²) in [5, 5.41) is 15.9. The van der Waals surface area contributed by atoms with E-state index in [-0.39, 0.29) is 5.91 Å². The van der Waals surface area contributed by atoms with Gasteiger partial charge in [0.2, 0.25) is 5.91 Å². The highest BCUT2D eigenvalue weighted by molar-refractivity contribution is 5.91. The summed E-state index contributed by atoms with van der Waals surface area (Å²) in [6.07, 6.45) is 2.16. The lowest BCUT2D eigenvalue weighted by Gasteiger charge is -2.06. The van der Waals surface area contributed by atoms with E-state index < -0.39 is 0 Å². The quantitative estimate of drug-likeness (QED) is 0.908. The molecule has 1 aromatic heterocycles. The summed E-state index contributed by atoms with van der Waals surface area (Å²) in [6, 6.07) is 10.9. The summed E-state index contributed by atoms with van der Waals surface area (Å²) in [7, 11) is 0. The fraction of sp³-hybridized carbons (Fsp3) is 0.214. The lowest BCUT2D eigenvalue weighted by Crippen LogP contribution is -2.15. The Kier molecular flexibility index (Phi) is 3.94. The minimum absolute atomic E-state index is 0.129.